The number of fused-ring (bicyclic) bond motifs is 2. The van der Waals surface area contributed by atoms with Crippen LogP contribution in [0.3, 0.4) is 0 Å². The predicted octanol–water partition coefficient (Wildman–Crippen LogP) is 4.44. The van der Waals surface area contributed by atoms with Crippen LogP contribution in [-0.4, -0.2) is 55.9 Å². The van der Waals surface area contributed by atoms with Crippen LogP contribution >= 0.6 is 23.2 Å². The number of methoxy groups -OCH3 is 1. The number of nitrogens with zero attached hydrogens (tertiary/aromatic N) is 2. The van der Waals surface area contributed by atoms with E-state index in [2.05, 4.69) is 4.90 Å². The molecular weight excluding hydrogens is 490 g/mol. The van der Waals surface area contributed by atoms with Crippen LogP contribution in [0.4, 0.5) is 4.39 Å². The van der Waals surface area contributed by atoms with E-state index in [1.54, 1.807) is 6.07 Å². The van der Waals surface area contributed by atoms with Crippen LogP contribution in [0.5, 0.6) is 0 Å². The van der Waals surface area contributed by atoms with Gasteiger partial charge in [0.05, 0.1) is 17.6 Å². The molecule has 0 spiro atoms. The number of ether oxygens (including phenoxy) is 1. The molecule has 0 amide bonds. The zero-order valence-corrected chi connectivity index (χ0v) is 20.3. The van der Waals surface area contributed by atoms with Gasteiger partial charge in [-0.2, -0.15) is 4.31 Å². The minimum Gasteiger partial charge on any atom is -0.465 e. The van der Waals surface area contributed by atoms with Gasteiger partial charge in [0.15, 0.2) is 0 Å². The highest BCUT2D eigenvalue weighted by Gasteiger charge is 2.48. The van der Waals surface area contributed by atoms with Crippen molar-refractivity contribution < 1.29 is 22.3 Å². The lowest BCUT2D eigenvalue weighted by molar-refractivity contribution is 0.0595. The number of halogens is 3. The number of hydrogen-bond donors (Lipinski definition) is 0. The molecular formula is C23H23Cl2FN2O4S. The highest BCUT2D eigenvalue weighted by atomic mass is 35.5. The van der Waals surface area contributed by atoms with E-state index in [4.69, 9.17) is 27.9 Å². The first-order chi connectivity index (χ1) is 15.7. The average Bonchev–Trinajstić information content (AvgIpc) is 3.41. The fraction of sp³-hybridized carbons (Fsp3) is 0.435. The number of likely N-dealkylation sites (tertiary alicyclic amines) is 1. The van der Waals surface area contributed by atoms with Crippen LogP contribution in [-0.2, 0) is 21.3 Å². The van der Waals surface area contributed by atoms with Crippen molar-refractivity contribution in [2.45, 2.75) is 48.7 Å². The Labute approximate surface area is 202 Å². The molecule has 5 rings (SSSR count). The van der Waals surface area contributed by atoms with Gasteiger partial charge < -0.3 is 4.74 Å². The lowest BCUT2D eigenvalue weighted by Crippen LogP contribution is -2.48. The smallest absolute Gasteiger partial charge is 0.340 e. The largest absolute Gasteiger partial charge is 0.465 e. The topological polar surface area (TPSA) is 66.9 Å². The van der Waals surface area contributed by atoms with E-state index in [0.717, 1.165) is 30.4 Å². The normalized spacial score (nSPS) is 23.3. The minimum absolute atomic E-state index is 0.0369. The SMILES string of the molecule is COC(=O)c1cc(C2CC2)c(CN2CC3CC2CN3S(=O)(=O)c2cc(Cl)cc(Cl)c2)cc1F. The lowest BCUT2D eigenvalue weighted by Gasteiger charge is -2.34. The summed E-state index contributed by atoms with van der Waals surface area (Å²) in [4.78, 5) is 14.2. The second-order valence-electron chi connectivity index (χ2n) is 8.95. The molecule has 33 heavy (non-hydrogen) atoms. The van der Waals surface area contributed by atoms with Gasteiger partial charge in [-0.1, -0.05) is 23.2 Å². The van der Waals surface area contributed by atoms with Crippen molar-refractivity contribution in [2.24, 2.45) is 0 Å². The van der Waals surface area contributed by atoms with Gasteiger partial charge in [-0.25, -0.2) is 17.6 Å². The fourth-order valence-corrected chi connectivity index (χ4v) is 7.43. The third-order valence-electron chi connectivity index (χ3n) is 6.77. The summed E-state index contributed by atoms with van der Waals surface area (Å²) in [6, 6.07) is 7.27. The fourth-order valence-electron chi connectivity index (χ4n) is 5.04. The summed E-state index contributed by atoms with van der Waals surface area (Å²) in [7, 11) is -2.48. The van der Waals surface area contributed by atoms with Crippen LogP contribution in [0.25, 0.3) is 0 Å². The first-order valence-electron chi connectivity index (χ1n) is 10.8. The summed E-state index contributed by atoms with van der Waals surface area (Å²) in [6.45, 7) is 1.43. The Kier molecular flexibility index (Phi) is 5.94. The van der Waals surface area contributed by atoms with E-state index >= 15 is 0 Å². The highest BCUT2D eigenvalue weighted by molar-refractivity contribution is 7.89. The molecule has 2 bridgehead atoms. The van der Waals surface area contributed by atoms with Gasteiger partial charge in [-0.05, 0) is 66.6 Å². The zero-order chi connectivity index (χ0) is 23.5. The zero-order valence-electron chi connectivity index (χ0n) is 17.9. The first-order valence-corrected chi connectivity index (χ1v) is 13.0. The highest BCUT2D eigenvalue weighted by Crippen LogP contribution is 2.44. The van der Waals surface area contributed by atoms with Crippen molar-refractivity contribution in [3.63, 3.8) is 0 Å². The van der Waals surface area contributed by atoms with Gasteiger partial charge in [-0.15, -0.1) is 0 Å². The summed E-state index contributed by atoms with van der Waals surface area (Å²) in [5.74, 6) is -0.941. The number of piperazine rings is 1. The number of hydrogen-bond acceptors (Lipinski definition) is 5. The minimum atomic E-state index is -3.72. The van der Waals surface area contributed by atoms with E-state index in [1.165, 1.54) is 35.7 Å². The number of esters is 1. The van der Waals surface area contributed by atoms with E-state index in [-0.39, 0.29) is 32.6 Å². The van der Waals surface area contributed by atoms with E-state index in [9.17, 15) is 17.6 Å². The average molecular weight is 513 g/mol. The van der Waals surface area contributed by atoms with Gasteiger partial charge in [0, 0.05) is 41.8 Å². The van der Waals surface area contributed by atoms with Crippen molar-refractivity contribution in [1.29, 1.82) is 0 Å². The molecule has 6 nitrogen and oxygen atoms in total. The molecule has 2 aromatic rings. The van der Waals surface area contributed by atoms with Gasteiger partial charge in [0.25, 0.3) is 0 Å². The van der Waals surface area contributed by atoms with Crippen LogP contribution in [0, 0.1) is 5.82 Å². The van der Waals surface area contributed by atoms with E-state index < -0.39 is 21.8 Å². The molecule has 3 aliphatic rings. The van der Waals surface area contributed by atoms with Crippen molar-refractivity contribution in [3.05, 3.63) is 62.9 Å². The molecule has 0 radical (unpaired) electrons. The molecule has 1 saturated carbocycles. The molecule has 3 fully saturated rings. The monoisotopic (exact) mass is 512 g/mol. The second kappa shape index (κ2) is 8.50. The molecule has 2 unspecified atom stereocenters. The quantitative estimate of drug-likeness (QED) is 0.535. The number of carbonyl (C=O) groups excluding carboxylic acids is 1. The maximum Gasteiger partial charge on any atom is 0.340 e. The third kappa shape index (κ3) is 4.28. The Morgan fingerprint density at radius 3 is 2.36 bits per heavy atom. The van der Waals surface area contributed by atoms with E-state index in [1.807, 2.05) is 0 Å². The summed E-state index contributed by atoms with van der Waals surface area (Å²) in [5.41, 5.74) is 1.80. The van der Waals surface area contributed by atoms with Crippen LogP contribution < -0.4 is 0 Å². The Morgan fingerprint density at radius 1 is 1.09 bits per heavy atom. The summed E-state index contributed by atoms with van der Waals surface area (Å²) in [5, 5.41) is 0.550. The van der Waals surface area contributed by atoms with Gasteiger partial charge in [-0.3, -0.25) is 4.90 Å². The number of sulfonamides is 1. The molecule has 2 heterocycles. The van der Waals surface area contributed by atoms with Crippen molar-refractivity contribution in [3.8, 4) is 0 Å². The Morgan fingerprint density at radius 2 is 1.79 bits per heavy atom. The molecule has 176 valence electrons. The Bertz CT molecular complexity index is 1210. The summed E-state index contributed by atoms with van der Waals surface area (Å²) in [6.07, 6.45) is 2.74. The van der Waals surface area contributed by atoms with Crippen LogP contribution in [0.2, 0.25) is 10.0 Å². The number of carbonyl (C=O) groups is 1. The van der Waals surface area contributed by atoms with Crippen LogP contribution in [0.1, 0.15) is 46.7 Å². The van der Waals surface area contributed by atoms with Crippen molar-refractivity contribution >= 4 is 39.2 Å². The lowest BCUT2D eigenvalue weighted by atomic mass is 9.98. The molecule has 0 aromatic heterocycles. The second-order valence-corrected chi connectivity index (χ2v) is 11.7. The maximum atomic E-state index is 14.7. The first kappa shape index (κ1) is 23.1. The third-order valence-corrected chi connectivity index (χ3v) is 9.10. The predicted molar refractivity (Wildman–Crippen MR) is 123 cm³/mol. The molecule has 2 aliphatic heterocycles. The van der Waals surface area contributed by atoms with Crippen LogP contribution in [0.15, 0.2) is 35.2 Å². The number of benzene rings is 2. The maximum absolute atomic E-state index is 14.7. The molecule has 2 saturated heterocycles. The van der Waals surface area contributed by atoms with Crippen molar-refractivity contribution in [2.75, 3.05) is 20.2 Å². The summed E-state index contributed by atoms with van der Waals surface area (Å²) < 4.78 is 47.3. The molecule has 2 atom stereocenters. The number of rotatable bonds is 6. The molecule has 10 heteroatoms. The van der Waals surface area contributed by atoms with Gasteiger partial charge in [0.1, 0.15) is 5.82 Å². The summed E-state index contributed by atoms with van der Waals surface area (Å²) >= 11 is 12.0. The Balaban J connectivity index is 1.35. The van der Waals surface area contributed by atoms with Crippen molar-refractivity contribution in [1.82, 2.24) is 9.21 Å². The molecule has 0 N–H and O–H groups in total. The molecule has 1 aliphatic carbocycles. The molecule has 2 aromatic carbocycles. The standard InChI is InChI=1S/C23H23Cl2FN2O4S/c1-32-23(29)21-9-20(13-2-3-13)14(4-22(21)26)10-27-11-18-8-17(27)12-28(18)33(30,31)19-6-15(24)5-16(25)7-19/h4-7,9,13,17-18H,2-3,8,10-12H2,1H3. The van der Waals surface area contributed by atoms with Gasteiger partial charge >= 0.3 is 5.97 Å². The van der Waals surface area contributed by atoms with Gasteiger partial charge in [0.2, 0.25) is 10.0 Å². The van der Waals surface area contributed by atoms with E-state index in [0.29, 0.717) is 25.6 Å². The Hall–Kier alpha value is -1.71.